The van der Waals surface area contributed by atoms with Gasteiger partial charge in [-0.05, 0) is 30.8 Å². The molecule has 0 aromatic carbocycles. The lowest BCUT2D eigenvalue weighted by atomic mass is 10.2. The molecule has 0 radical (unpaired) electrons. The van der Waals surface area contributed by atoms with Crippen molar-refractivity contribution < 1.29 is 9.21 Å². The summed E-state index contributed by atoms with van der Waals surface area (Å²) in [6.07, 6.45) is 2.51. The fraction of sp³-hybridized carbons (Fsp3) is 0.533. The van der Waals surface area contributed by atoms with E-state index in [9.17, 15) is 4.79 Å². The third-order valence-corrected chi connectivity index (χ3v) is 4.29. The molecule has 2 heterocycles. The minimum Gasteiger partial charge on any atom is -0.469 e. The van der Waals surface area contributed by atoms with Gasteiger partial charge in [-0.25, -0.2) is 0 Å². The molecule has 118 valence electrons. The molecule has 6 nitrogen and oxygen atoms in total. The summed E-state index contributed by atoms with van der Waals surface area (Å²) in [5.41, 5.74) is 0. The van der Waals surface area contributed by atoms with Crippen molar-refractivity contribution in [1.82, 2.24) is 20.1 Å². The first kappa shape index (κ1) is 15.0. The molecule has 2 N–H and O–H groups in total. The van der Waals surface area contributed by atoms with Crippen LogP contribution in [0.2, 0.25) is 0 Å². The molecule has 0 aliphatic heterocycles. The molecule has 1 aliphatic rings. The maximum absolute atomic E-state index is 12.1. The summed E-state index contributed by atoms with van der Waals surface area (Å²) in [5.74, 6) is 2.46. The molecule has 22 heavy (non-hydrogen) atoms. The molecule has 0 bridgehead atoms. The molecule has 1 aliphatic carbocycles. The highest BCUT2D eigenvalue weighted by Gasteiger charge is 2.45. The van der Waals surface area contributed by atoms with Crippen LogP contribution in [0.4, 0.5) is 0 Å². The third kappa shape index (κ3) is 2.99. The van der Waals surface area contributed by atoms with Gasteiger partial charge in [0.1, 0.15) is 11.6 Å². The van der Waals surface area contributed by atoms with E-state index in [1.165, 1.54) is 0 Å². The quantitative estimate of drug-likeness (QED) is 0.802. The Balaban J connectivity index is 1.51. The van der Waals surface area contributed by atoms with Gasteiger partial charge < -0.3 is 14.3 Å². The molecule has 0 spiro atoms. The van der Waals surface area contributed by atoms with E-state index < -0.39 is 0 Å². The van der Waals surface area contributed by atoms with Crippen molar-refractivity contribution in [2.45, 2.75) is 38.6 Å². The number of amides is 1. The van der Waals surface area contributed by atoms with Crippen molar-refractivity contribution in [3.05, 3.63) is 34.8 Å². The van der Waals surface area contributed by atoms with Gasteiger partial charge in [0.05, 0.1) is 6.26 Å². The number of carbonyl (C=O) groups is 1. The predicted molar refractivity (Wildman–Crippen MR) is 84.1 cm³/mol. The molecule has 1 fully saturated rings. The van der Waals surface area contributed by atoms with Gasteiger partial charge in [-0.15, -0.1) is 0 Å². The number of nitrogens with zero attached hydrogens (tertiary/aromatic N) is 2. The number of hydrogen-bond donors (Lipinski definition) is 2. The minimum atomic E-state index is 0.0352. The SMILES string of the molecule is CC(C)c1n[nH]c(=S)n1CCNC(=O)[C@@H]1C[C@H]1c1ccco1. The molecular weight excluding hydrogens is 300 g/mol. The molecule has 0 unspecified atom stereocenters. The molecule has 0 saturated heterocycles. The van der Waals surface area contributed by atoms with Crippen LogP contribution < -0.4 is 5.32 Å². The van der Waals surface area contributed by atoms with Gasteiger partial charge in [-0.1, -0.05) is 13.8 Å². The lowest BCUT2D eigenvalue weighted by molar-refractivity contribution is -0.122. The molecule has 2 aromatic rings. The number of aromatic nitrogens is 3. The maximum Gasteiger partial charge on any atom is 0.223 e. The molecular formula is C15H20N4O2S. The summed E-state index contributed by atoms with van der Waals surface area (Å²) < 4.78 is 7.89. The highest BCUT2D eigenvalue weighted by Crippen LogP contribution is 2.47. The summed E-state index contributed by atoms with van der Waals surface area (Å²) in [7, 11) is 0. The highest BCUT2D eigenvalue weighted by molar-refractivity contribution is 7.71. The summed E-state index contributed by atoms with van der Waals surface area (Å²) >= 11 is 5.23. The topological polar surface area (TPSA) is 75.8 Å². The number of carbonyl (C=O) groups excluding carboxylic acids is 1. The summed E-state index contributed by atoms with van der Waals surface area (Å²) in [6.45, 7) is 5.32. The van der Waals surface area contributed by atoms with Crippen molar-refractivity contribution in [2.24, 2.45) is 5.92 Å². The first-order valence-corrected chi connectivity index (χ1v) is 7.95. The van der Waals surface area contributed by atoms with Gasteiger partial charge in [0.15, 0.2) is 4.77 Å². The van der Waals surface area contributed by atoms with Crippen LogP contribution in [-0.4, -0.2) is 27.2 Å². The number of hydrogen-bond acceptors (Lipinski definition) is 4. The number of nitrogens with one attached hydrogen (secondary N) is 2. The van der Waals surface area contributed by atoms with E-state index in [1.54, 1.807) is 6.26 Å². The normalized spacial score (nSPS) is 20.3. The van der Waals surface area contributed by atoms with E-state index in [0.717, 1.165) is 18.0 Å². The molecule has 1 saturated carbocycles. The molecule has 2 aromatic heterocycles. The van der Waals surface area contributed by atoms with Crippen LogP contribution >= 0.6 is 12.2 Å². The van der Waals surface area contributed by atoms with Crippen molar-refractivity contribution in [3.63, 3.8) is 0 Å². The highest BCUT2D eigenvalue weighted by atomic mass is 32.1. The van der Waals surface area contributed by atoms with E-state index in [-0.39, 0.29) is 23.7 Å². The summed E-state index contributed by atoms with van der Waals surface area (Å²) in [5, 5.41) is 10.0. The minimum absolute atomic E-state index is 0.0352. The van der Waals surface area contributed by atoms with Crippen molar-refractivity contribution in [2.75, 3.05) is 6.54 Å². The van der Waals surface area contributed by atoms with E-state index in [1.807, 2.05) is 16.7 Å². The Kier molecular flexibility index (Phi) is 4.15. The molecule has 1 amide bonds. The second-order valence-corrected chi connectivity index (χ2v) is 6.34. The van der Waals surface area contributed by atoms with Crippen molar-refractivity contribution >= 4 is 18.1 Å². The number of furan rings is 1. The Labute approximate surface area is 133 Å². The Morgan fingerprint density at radius 3 is 3.14 bits per heavy atom. The lowest BCUT2D eigenvalue weighted by Gasteiger charge is -2.10. The van der Waals surface area contributed by atoms with Crippen molar-refractivity contribution in [3.8, 4) is 0 Å². The monoisotopic (exact) mass is 320 g/mol. The Bertz CT molecular complexity index is 701. The number of H-pyrrole nitrogens is 1. The zero-order valence-electron chi connectivity index (χ0n) is 12.7. The molecule has 3 rings (SSSR count). The standard InChI is InChI=1S/C15H20N4O2S/c1-9(2)13-17-18-15(22)19(13)6-5-16-14(20)11-8-10(11)12-4-3-7-21-12/h3-4,7,9-11H,5-6,8H2,1-2H3,(H,16,20)(H,18,22)/t10-,11-/m1/s1. The molecule has 7 heteroatoms. The van der Waals surface area contributed by atoms with Gasteiger partial charge in [0.2, 0.25) is 5.91 Å². The van der Waals surface area contributed by atoms with Gasteiger partial charge in [-0.3, -0.25) is 9.89 Å². The number of aromatic amines is 1. The van der Waals surface area contributed by atoms with Gasteiger partial charge in [-0.2, -0.15) is 5.10 Å². The van der Waals surface area contributed by atoms with Gasteiger partial charge in [0, 0.05) is 30.8 Å². The van der Waals surface area contributed by atoms with Crippen LogP contribution in [0, 0.1) is 10.7 Å². The second kappa shape index (κ2) is 6.08. The fourth-order valence-electron chi connectivity index (χ4n) is 2.71. The average Bonchev–Trinajstić information content (AvgIpc) is 2.92. The van der Waals surface area contributed by atoms with E-state index in [4.69, 9.17) is 16.6 Å². The zero-order valence-corrected chi connectivity index (χ0v) is 13.5. The van der Waals surface area contributed by atoms with Crippen molar-refractivity contribution in [1.29, 1.82) is 0 Å². The van der Waals surface area contributed by atoms with E-state index in [2.05, 4.69) is 29.4 Å². The van der Waals surface area contributed by atoms with E-state index >= 15 is 0 Å². The third-order valence-electron chi connectivity index (χ3n) is 3.97. The zero-order chi connectivity index (χ0) is 15.7. The van der Waals surface area contributed by atoms with Crippen LogP contribution in [0.15, 0.2) is 22.8 Å². The summed E-state index contributed by atoms with van der Waals surface area (Å²) in [4.78, 5) is 12.1. The Morgan fingerprint density at radius 1 is 1.64 bits per heavy atom. The van der Waals surface area contributed by atoms with Crippen LogP contribution in [0.5, 0.6) is 0 Å². The Morgan fingerprint density at radius 2 is 2.45 bits per heavy atom. The fourth-order valence-corrected chi connectivity index (χ4v) is 2.94. The van der Waals surface area contributed by atoms with Gasteiger partial charge in [0.25, 0.3) is 0 Å². The maximum atomic E-state index is 12.1. The van der Waals surface area contributed by atoms with Crippen LogP contribution in [0.3, 0.4) is 0 Å². The lowest BCUT2D eigenvalue weighted by Crippen LogP contribution is -2.29. The molecule has 2 atom stereocenters. The predicted octanol–water partition coefficient (Wildman–Crippen LogP) is 2.58. The average molecular weight is 320 g/mol. The first-order valence-electron chi connectivity index (χ1n) is 7.54. The first-order chi connectivity index (χ1) is 10.6. The number of rotatable bonds is 6. The van der Waals surface area contributed by atoms with E-state index in [0.29, 0.717) is 17.9 Å². The second-order valence-electron chi connectivity index (χ2n) is 5.95. The Hall–Kier alpha value is -1.89. The van der Waals surface area contributed by atoms with Crippen LogP contribution in [0.25, 0.3) is 0 Å². The smallest absolute Gasteiger partial charge is 0.223 e. The van der Waals surface area contributed by atoms with Crippen LogP contribution in [-0.2, 0) is 11.3 Å². The van der Waals surface area contributed by atoms with Gasteiger partial charge >= 0.3 is 0 Å². The largest absolute Gasteiger partial charge is 0.469 e. The van der Waals surface area contributed by atoms with Crippen LogP contribution in [0.1, 0.15) is 43.7 Å². The summed E-state index contributed by atoms with van der Waals surface area (Å²) in [6, 6.07) is 3.79.